The number of fused-ring (bicyclic) bond motifs is 1. The number of carbonyl (C=O) groups is 3. The average molecular weight is 706 g/mol. The number of benzene rings is 3. The Bertz CT molecular complexity index is 2010. The number of nitrogens with two attached hydrogens (primary N) is 1. The molecule has 2 aliphatic rings. The van der Waals surface area contributed by atoms with Gasteiger partial charge >= 0.3 is 6.03 Å². The van der Waals surface area contributed by atoms with Gasteiger partial charge in [-0.15, -0.1) is 0 Å². The van der Waals surface area contributed by atoms with E-state index in [0.29, 0.717) is 27.2 Å². The van der Waals surface area contributed by atoms with Crippen molar-refractivity contribution in [2.24, 2.45) is 17.6 Å². The van der Waals surface area contributed by atoms with E-state index in [2.05, 4.69) is 4.98 Å². The van der Waals surface area contributed by atoms with Crippen LogP contribution in [0.3, 0.4) is 0 Å². The number of H-pyrrole nitrogens is 1. The molecule has 3 atom stereocenters. The maximum Gasteiger partial charge on any atom is 0.341 e. The molecule has 4 aromatic rings. The minimum absolute atomic E-state index is 0.0165. The maximum absolute atomic E-state index is 14.6. The van der Waals surface area contributed by atoms with Gasteiger partial charge in [-0.05, 0) is 98.2 Å². The lowest BCUT2D eigenvalue weighted by atomic mass is 9.81. The van der Waals surface area contributed by atoms with Crippen LogP contribution in [0.15, 0.2) is 71.8 Å². The Kier molecular flexibility index (Phi) is 9.74. The summed E-state index contributed by atoms with van der Waals surface area (Å²) in [5.74, 6) is -0.275. The molecule has 1 aromatic heterocycles. The van der Waals surface area contributed by atoms with Crippen molar-refractivity contribution >= 4 is 50.4 Å². The number of nitrogens with zero attached hydrogens (tertiary/aromatic N) is 3. The number of aromatic nitrogens is 1. The van der Waals surface area contributed by atoms with Gasteiger partial charge in [-0.2, -0.15) is 0 Å². The van der Waals surface area contributed by atoms with Gasteiger partial charge in [0.2, 0.25) is 0 Å². The number of hydrogen-bond acceptors (Lipinski definition) is 7. The molecule has 2 heterocycles. The molecule has 2 fully saturated rings. The fraction of sp³-hybridized carbons (Fsp3) is 0.361. The fourth-order valence-corrected chi connectivity index (χ4v) is 8.59. The number of carbonyl (C=O) groups excluding carboxylic acids is 3. The summed E-state index contributed by atoms with van der Waals surface area (Å²) in [7, 11) is -1.58. The summed E-state index contributed by atoms with van der Waals surface area (Å²) in [4.78, 5) is 47.0. The zero-order chi connectivity index (χ0) is 35.0. The topological polar surface area (TPSA) is 146 Å². The number of urea groups is 1. The normalized spacial score (nSPS) is 19.9. The molecule has 3 aromatic carbocycles. The van der Waals surface area contributed by atoms with Gasteiger partial charge in [-0.1, -0.05) is 36.2 Å². The summed E-state index contributed by atoms with van der Waals surface area (Å²) in [6.45, 7) is 2.59. The summed E-state index contributed by atoms with van der Waals surface area (Å²) >= 11 is 6.01. The highest BCUT2D eigenvalue weighted by molar-refractivity contribution is 7.89. The summed E-state index contributed by atoms with van der Waals surface area (Å²) in [6, 6.07) is 13.9. The third-order valence-corrected chi connectivity index (χ3v) is 11.6. The SMILES string of the molecule is Cc1cccc2c(CC3C(=O)N(CC4CCCC(CN)C4)C(=O)N3S(=O)(=O)c3ccc(Oc4ccc(Cl)cc4)c(C(=O)N(C)C)c3)c[nH]c12. The first-order valence-electron chi connectivity index (χ1n) is 16.3. The molecular formula is C36H40ClN5O6S. The van der Waals surface area contributed by atoms with Gasteiger partial charge in [0.05, 0.1) is 10.5 Å². The van der Waals surface area contributed by atoms with Gasteiger partial charge in [0, 0.05) is 49.2 Å². The predicted molar refractivity (Wildman–Crippen MR) is 187 cm³/mol. The average Bonchev–Trinajstić information content (AvgIpc) is 3.60. The van der Waals surface area contributed by atoms with Crippen LogP contribution in [0.25, 0.3) is 10.9 Å². The van der Waals surface area contributed by atoms with Crippen molar-refractivity contribution < 1.29 is 27.5 Å². The van der Waals surface area contributed by atoms with Gasteiger partial charge in [0.15, 0.2) is 0 Å². The first-order chi connectivity index (χ1) is 23.4. The molecule has 11 nitrogen and oxygen atoms in total. The number of aryl methyl sites for hydroxylation is 1. The molecule has 49 heavy (non-hydrogen) atoms. The van der Waals surface area contributed by atoms with Gasteiger partial charge < -0.3 is 20.4 Å². The molecule has 0 bridgehead atoms. The fourth-order valence-electron chi connectivity index (χ4n) is 6.93. The molecule has 0 radical (unpaired) electrons. The maximum atomic E-state index is 14.6. The largest absolute Gasteiger partial charge is 0.457 e. The number of aromatic amines is 1. The van der Waals surface area contributed by atoms with Crippen LogP contribution in [0.1, 0.15) is 47.2 Å². The number of nitrogens with one attached hydrogen (secondary N) is 1. The van der Waals surface area contributed by atoms with Crippen molar-refractivity contribution in [1.29, 1.82) is 0 Å². The number of hydrogen-bond donors (Lipinski definition) is 2. The zero-order valence-corrected chi connectivity index (χ0v) is 29.3. The van der Waals surface area contributed by atoms with Crippen molar-refractivity contribution in [3.8, 4) is 11.5 Å². The first-order valence-corrected chi connectivity index (χ1v) is 18.1. The molecule has 258 valence electrons. The van der Waals surface area contributed by atoms with E-state index in [1.54, 1.807) is 30.5 Å². The molecule has 13 heteroatoms. The lowest BCUT2D eigenvalue weighted by molar-refractivity contribution is -0.128. The summed E-state index contributed by atoms with van der Waals surface area (Å²) in [6.07, 6.45) is 5.23. The molecule has 3 N–H and O–H groups in total. The number of halogens is 1. The monoisotopic (exact) mass is 705 g/mol. The van der Waals surface area contributed by atoms with Crippen molar-refractivity contribution in [3.05, 3.63) is 88.6 Å². The van der Waals surface area contributed by atoms with Crippen LogP contribution in [0.4, 0.5) is 4.79 Å². The molecule has 6 rings (SSSR count). The van der Waals surface area contributed by atoms with Crippen LogP contribution < -0.4 is 10.5 Å². The van der Waals surface area contributed by atoms with Crippen molar-refractivity contribution in [2.75, 3.05) is 27.2 Å². The molecule has 1 aliphatic heterocycles. The number of amides is 4. The van der Waals surface area contributed by atoms with Gasteiger partial charge in [0.1, 0.15) is 17.5 Å². The quantitative estimate of drug-likeness (QED) is 0.194. The highest BCUT2D eigenvalue weighted by Crippen LogP contribution is 2.36. The van der Waals surface area contributed by atoms with Crippen molar-refractivity contribution in [3.63, 3.8) is 0 Å². The molecule has 1 saturated heterocycles. The van der Waals surface area contributed by atoms with Gasteiger partial charge in [-0.25, -0.2) is 17.5 Å². The number of ether oxygens (including phenoxy) is 1. The smallest absolute Gasteiger partial charge is 0.341 e. The molecule has 0 spiro atoms. The Morgan fingerprint density at radius 2 is 1.80 bits per heavy atom. The second-order valence-electron chi connectivity index (χ2n) is 13.1. The summed E-state index contributed by atoms with van der Waals surface area (Å²) in [5.41, 5.74) is 8.50. The summed E-state index contributed by atoms with van der Waals surface area (Å²) in [5, 5.41) is 1.34. The predicted octanol–water partition coefficient (Wildman–Crippen LogP) is 5.95. The molecule has 1 saturated carbocycles. The number of rotatable bonds is 10. The lowest BCUT2D eigenvalue weighted by Gasteiger charge is -2.30. The second kappa shape index (κ2) is 13.9. The highest BCUT2D eigenvalue weighted by atomic mass is 35.5. The van der Waals surface area contributed by atoms with E-state index in [1.165, 1.54) is 37.2 Å². The van der Waals surface area contributed by atoms with Crippen LogP contribution in [-0.4, -0.2) is 78.6 Å². The minimum atomic E-state index is -4.65. The van der Waals surface area contributed by atoms with E-state index in [-0.39, 0.29) is 41.0 Å². The Morgan fingerprint density at radius 1 is 1.06 bits per heavy atom. The van der Waals surface area contributed by atoms with E-state index in [0.717, 1.165) is 47.0 Å². The van der Waals surface area contributed by atoms with Crippen LogP contribution in [0.2, 0.25) is 5.02 Å². The van der Waals surface area contributed by atoms with Crippen LogP contribution in [-0.2, 0) is 21.2 Å². The highest BCUT2D eigenvalue weighted by Gasteiger charge is 2.52. The van der Waals surface area contributed by atoms with Crippen LogP contribution >= 0.6 is 11.6 Å². The molecule has 4 amide bonds. The van der Waals surface area contributed by atoms with E-state index in [4.69, 9.17) is 22.1 Å². The number of imide groups is 1. The van der Waals surface area contributed by atoms with E-state index in [9.17, 15) is 22.8 Å². The van der Waals surface area contributed by atoms with E-state index < -0.39 is 33.9 Å². The minimum Gasteiger partial charge on any atom is -0.457 e. The third-order valence-electron chi connectivity index (χ3n) is 9.53. The van der Waals surface area contributed by atoms with Crippen molar-refractivity contribution in [1.82, 2.24) is 19.1 Å². The Balaban J connectivity index is 1.40. The molecular weight excluding hydrogens is 666 g/mol. The number of sulfonamides is 1. The third kappa shape index (κ3) is 6.77. The van der Waals surface area contributed by atoms with Gasteiger partial charge in [-0.3, -0.25) is 14.5 Å². The Hall–Kier alpha value is -4.39. The van der Waals surface area contributed by atoms with Crippen molar-refractivity contribution in [2.45, 2.75) is 50.0 Å². The lowest BCUT2D eigenvalue weighted by Crippen LogP contribution is -2.42. The molecule has 3 unspecified atom stereocenters. The molecule has 1 aliphatic carbocycles. The zero-order valence-electron chi connectivity index (χ0n) is 27.7. The number of para-hydroxylation sites is 1. The van der Waals surface area contributed by atoms with E-state index in [1.807, 2.05) is 25.1 Å². The van der Waals surface area contributed by atoms with Crippen LogP contribution in [0, 0.1) is 18.8 Å². The van der Waals surface area contributed by atoms with Gasteiger partial charge in [0.25, 0.3) is 21.8 Å². The Labute approximate surface area is 291 Å². The second-order valence-corrected chi connectivity index (χ2v) is 15.4. The standard InChI is InChI=1S/C36H40ClN5O6S/c1-22-6-4-9-29-25(20-39-33(22)29)17-31-35(44)41(21-24-8-5-7-23(16-24)19-38)36(45)42(31)49(46,47)28-14-15-32(30(18-28)34(43)40(2)3)48-27-12-10-26(37)11-13-27/h4,6,9-15,18,20,23-24,31,39H,5,7-8,16-17,19,21,38H2,1-3H3. The van der Waals surface area contributed by atoms with Crippen LogP contribution in [0.5, 0.6) is 11.5 Å². The first kappa shape index (κ1) is 34.5. The Morgan fingerprint density at radius 3 is 2.51 bits per heavy atom. The van der Waals surface area contributed by atoms with E-state index >= 15 is 0 Å². The summed E-state index contributed by atoms with van der Waals surface area (Å²) < 4.78 is 35.8.